The quantitative estimate of drug-likeness (QED) is 0.914. The molecule has 0 atom stereocenters. The van der Waals surface area contributed by atoms with Crippen molar-refractivity contribution in [2.45, 2.75) is 30.7 Å². The van der Waals surface area contributed by atoms with Gasteiger partial charge in [-0.25, -0.2) is 8.42 Å². The molecule has 1 N–H and O–H groups in total. The molecule has 1 heterocycles. The van der Waals surface area contributed by atoms with Crippen LogP contribution in [0.15, 0.2) is 23.1 Å². The number of piperidine rings is 1. The summed E-state index contributed by atoms with van der Waals surface area (Å²) in [5, 5.41) is 3.22. The number of sulfonamides is 1. The van der Waals surface area contributed by atoms with E-state index < -0.39 is 10.0 Å². The molecule has 21 heavy (non-hydrogen) atoms. The summed E-state index contributed by atoms with van der Waals surface area (Å²) in [6, 6.07) is 5.78. The maximum atomic E-state index is 12.8. The van der Waals surface area contributed by atoms with Crippen molar-refractivity contribution in [3.05, 3.63) is 23.8 Å². The first-order chi connectivity index (χ1) is 9.86. The summed E-state index contributed by atoms with van der Waals surface area (Å²) in [6.45, 7) is 3.15. The summed E-state index contributed by atoms with van der Waals surface area (Å²) in [5.74, 6) is 0. The molecular formula is C15H25N3O2S. The fraction of sp³-hybridized carbons (Fsp3) is 0.600. The molecule has 1 aliphatic rings. The third-order valence-electron chi connectivity index (χ3n) is 4.16. The molecule has 1 aromatic carbocycles. The van der Waals surface area contributed by atoms with Crippen molar-refractivity contribution >= 4 is 15.7 Å². The summed E-state index contributed by atoms with van der Waals surface area (Å²) < 4.78 is 27.1. The van der Waals surface area contributed by atoms with Crippen LogP contribution < -0.4 is 10.2 Å². The van der Waals surface area contributed by atoms with E-state index in [2.05, 4.69) is 5.32 Å². The van der Waals surface area contributed by atoms with Crippen molar-refractivity contribution in [2.75, 3.05) is 39.1 Å². The first kappa shape index (κ1) is 16.3. The number of anilines is 1. The fourth-order valence-corrected chi connectivity index (χ4v) is 4.26. The average Bonchev–Trinajstić information content (AvgIpc) is 2.47. The third-order valence-corrected chi connectivity index (χ3v) is 6.06. The van der Waals surface area contributed by atoms with Gasteiger partial charge in [-0.1, -0.05) is 6.07 Å². The SMILES string of the molecule is CNC1CCN(S(=O)(=O)c2ccc(C)c(N(C)C)c2)CC1. The van der Waals surface area contributed by atoms with Gasteiger partial charge in [0.15, 0.2) is 0 Å². The number of rotatable bonds is 4. The topological polar surface area (TPSA) is 52.7 Å². The van der Waals surface area contributed by atoms with Crippen LogP contribution in [0.2, 0.25) is 0 Å². The Morgan fingerprint density at radius 1 is 1.24 bits per heavy atom. The predicted molar refractivity (Wildman–Crippen MR) is 86.3 cm³/mol. The van der Waals surface area contributed by atoms with Crippen LogP contribution in [-0.4, -0.2) is 53.0 Å². The molecule has 1 aromatic rings. The van der Waals surface area contributed by atoms with Gasteiger partial charge in [0.05, 0.1) is 4.90 Å². The smallest absolute Gasteiger partial charge is 0.243 e. The predicted octanol–water partition coefficient (Wildman–Crippen LogP) is 1.43. The summed E-state index contributed by atoms with van der Waals surface area (Å²) >= 11 is 0. The second-order valence-corrected chi connectivity index (χ2v) is 7.75. The van der Waals surface area contributed by atoms with Crippen LogP contribution in [0, 0.1) is 6.92 Å². The summed E-state index contributed by atoms with van der Waals surface area (Å²) in [6.07, 6.45) is 1.73. The molecule has 5 nitrogen and oxygen atoms in total. The highest BCUT2D eigenvalue weighted by molar-refractivity contribution is 7.89. The van der Waals surface area contributed by atoms with Crippen LogP contribution in [-0.2, 0) is 10.0 Å². The largest absolute Gasteiger partial charge is 0.377 e. The Bertz CT molecular complexity index is 591. The molecule has 0 unspecified atom stereocenters. The van der Waals surface area contributed by atoms with Gasteiger partial charge in [0, 0.05) is 38.9 Å². The van der Waals surface area contributed by atoms with E-state index in [1.807, 2.05) is 39.0 Å². The zero-order valence-electron chi connectivity index (χ0n) is 13.3. The second kappa shape index (κ2) is 6.34. The highest BCUT2D eigenvalue weighted by Gasteiger charge is 2.29. The van der Waals surface area contributed by atoms with Gasteiger partial charge in [-0.3, -0.25) is 0 Å². The summed E-state index contributed by atoms with van der Waals surface area (Å²) in [5.41, 5.74) is 2.02. The second-order valence-electron chi connectivity index (χ2n) is 5.81. The van der Waals surface area contributed by atoms with Crippen LogP contribution in [0.5, 0.6) is 0 Å². The van der Waals surface area contributed by atoms with E-state index in [0.717, 1.165) is 24.1 Å². The highest BCUT2D eigenvalue weighted by atomic mass is 32.2. The van der Waals surface area contributed by atoms with Crippen molar-refractivity contribution in [2.24, 2.45) is 0 Å². The van der Waals surface area contributed by atoms with Crippen molar-refractivity contribution in [3.8, 4) is 0 Å². The minimum absolute atomic E-state index is 0.389. The van der Waals surface area contributed by atoms with Gasteiger partial charge in [0.2, 0.25) is 10.0 Å². The lowest BCUT2D eigenvalue weighted by Crippen LogP contribution is -2.43. The molecule has 118 valence electrons. The number of nitrogens with zero attached hydrogens (tertiary/aromatic N) is 2. The Morgan fingerprint density at radius 3 is 2.38 bits per heavy atom. The van der Waals surface area contributed by atoms with E-state index in [-0.39, 0.29) is 0 Å². The van der Waals surface area contributed by atoms with Crippen LogP contribution in [0.25, 0.3) is 0 Å². The van der Waals surface area contributed by atoms with Gasteiger partial charge >= 0.3 is 0 Å². The van der Waals surface area contributed by atoms with Crippen molar-refractivity contribution in [1.29, 1.82) is 0 Å². The minimum Gasteiger partial charge on any atom is -0.377 e. The average molecular weight is 311 g/mol. The molecule has 0 spiro atoms. The Morgan fingerprint density at radius 2 is 1.86 bits per heavy atom. The first-order valence-electron chi connectivity index (χ1n) is 7.31. The van der Waals surface area contributed by atoms with Crippen molar-refractivity contribution in [1.82, 2.24) is 9.62 Å². The molecule has 1 saturated heterocycles. The standard InChI is InChI=1S/C15H25N3O2S/c1-12-5-6-14(11-15(12)17(3)4)21(19,20)18-9-7-13(16-2)8-10-18/h5-6,11,13,16H,7-10H2,1-4H3. The number of aryl methyl sites for hydroxylation is 1. The van der Waals surface area contributed by atoms with E-state index in [1.54, 1.807) is 16.4 Å². The molecule has 0 aromatic heterocycles. The molecule has 1 aliphatic heterocycles. The summed E-state index contributed by atoms with van der Waals surface area (Å²) in [4.78, 5) is 2.33. The summed E-state index contributed by atoms with van der Waals surface area (Å²) in [7, 11) is 2.40. The normalized spacial score (nSPS) is 17.9. The van der Waals surface area contributed by atoms with Crippen LogP contribution >= 0.6 is 0 Å². The zero-order chi connectivity index (χ0) is 15.6. The van der Waals surface area contributed by atoms with Gasteiger partial charge in [0.25, 0.3) is 0 Å². The molecule has 0 saturated carbocycles. The molecule has 2 rings (SSSR count). The lowest BCUT2D eigenvalue weighted by atomic mass is 10.1. The first-order valence-corrected chi connectivity index (χ1v) is 8.75. The van der Waals surface area contributed by atoms with Gasteiger partial charge in [-0.15, -0.1) is 0 Å². The van der Waals surface area contributed by atoms with E-state index >= 15 is 0 Å². The van der Waals surface area contributed by atoms with E-state index in [4.69, 9.17) is 0 Å². The molecule has 0 amide bonds. The van der Waals surface area contributed by atoms with Gasteiger partial charge in [-0.2, -0.15) is 4.31 Å². The Balaban J connectivity index is 2.26. The molecular weight excluding hydrogens is 286 g/mol. The maximum Gasteiger partial charge on any atom is 0.243 e. The Labute approximate surface area is 128 Å². The molecule has 0 aliphatic carbocycles. The highest BCUT2D eigenvalue weighted by Crippen LogP contribution is 2.26. The molecule has 1 fully saturated rings. The zero-order valence-corrected chi connectivity index (χ0v) is 14.1. The van der Waals surface area contributed by atoms with E-state index in [9.17, 15) is 8.42 Å². The van der Waals surface area contributed by atoms with Crippen molar-refractivity contribution in [3.63, 3.8) is 0 Å². The van der Waals surface area contributed by atoms with Crippen LogP contribution in [0.3, 0.4) is 0 Å². The van der Waals surface area contributed by atoms with E-state index in [1.165, 1.54) is 0 Å². The monoisotopic (exact) mass is 311 g/mol. The minimum atomic E-state index is -3.39. The van der Waals surface area contributed by atoms with E-state index in [0.29, 0.717) is 24.0 Å². The number of nitrogens with one attached hydrogen (secondary N) is 1. The van der Waals surface area contributed by atoms with Crippen LogP contribution in [0.1, 0.15) is 18.4 Å². The molecule has 6 heteroatoms. The number of hydrogen-bond acceptors (Lipinski definition) is 4. The lowest BCUT2D eigenvalue weighted by Gasteiger charge is -2.31. The molecule has 0 bridgehead atoms. The van der Waals surface area contributed by atoms with Crippen LogP contribution in [0.4, 0.5) is 5.69 Å². The van der Waals surface area contributed by atoms with Crippen molar-refractivity contribution < 1.29 is 8.42 Å². The number of benzene rings is 1. The number of hydrogen-bond donors (Lipinski definition) is 1. The Hall–Kier alpha value is -1.11. The van der Waals surface area contributed by atoms with Gasteiger partial charge in [-0.05, 0) is 44.5 Å². The van der Waals surface area contributed by atoms with Gasteiger partial charge in [0.1, 0.15) is 0 Å². The van der Waals surface area contributed by atoms with Gasteiger partial charge < -0.3 is 10.2 Å². The lowest BCUT2D eigenvalue weighted by molar-refractivity contribution is 0.298. The Kier molecular flexibility index (Phi) is 4.91. The third kappa shape index (κ3) is 3.39. The fourth-order valence-electron chi connectivity index (χ4n) is 2.77. The molecule has 0 radical (unpaired) electrons. The maximum absolute atomic E-state index is 12.8.